The Labute approximate surface area is 139 Å². The van der Waals surface area contributed by atoms with E-state index in [-0.39, 0.29) is 5.56 Å². The molecule has 0 amide bonds. The van der Waals surface area contributed by atoms with Crippen LogP contribution in [0.3, 0.4) is 0 Å². The van der Waals surface area contributed by atoms with Gasteiger partial charge in [-0.25, -0.2) is 9.78 Å². The number of rotatable bonds is 5. The molecule has 0 spiro atoms. The van der Waals surface area contributed by atoms with Crippen molar-refractivity contribution in [2.24, 2.45) is 17.8 Å². The number of pyridine rings is 1. The molecule has 1 saturated carbocycles. The highest BCUT2D eigenvalue weighted by molar-refractivity contribution is 5.86. The molecule has 4 rings (SSSR count). The van der Waals surface area contributed by atoms with E-state index in [2.05, 4.69) is 10.00 Å². The Morgan fingerprint density at radius 2 is 2.08 bits per heavy atom. The van der Waals surface area contributed by atoms with Crippen LogP contribution in [-0.4, -0.2) is 50.6 Å². The second-order valence-corrected chi connectivity index (χ2v) is 6.72. The van der Waals surface area contributed by atoms with E-state index in [1.807, 2.05) is 19.1 Å². The lowest BCUT2D eigenvalue weighted by Crippen LogP contribution is -2.25. The van der Waals surface area contributed by atoms with Gasteiger partial charge in [-0.2, -0.15) is 5.10 Å². The third-order valence-electron chi connectivity index (χ3n) is 5.30. The number of carbonyl (C=O) groups is 1. The Morgan fingerprint density at radius 1 is 1.33 bits per heavy atom. The summed E-state index contributed by atoms with van der Waals surface area (Å²) in [4.78, 5) is 17.9. The number of hydrogen-bond acceptors (Lipinski definition) is 5. The lowest BCUT2D eigenvalue weighted by atomic mass is 10.2. The third-order valence-corrected chi connectivity index (χ3v) is 5.30. The Bertz CT molecular complexity index is 776. The molecule has 2 aromatic heterocycles. The molecule has 24 heavy (non-hydrogen) atoms. The Morgan fingerprint density at radius 3 is 2.67 bits per heavy atom. The van der Waals surface area contributed by atoms with Crippen LogP contribution in [0.2, 0.25) is 0 Å². The van der Waals surface area contributed by atoms with Crippen molar-refractivity contribution in [1.82, 2.24) is 14.8 Å². The zero-order chi connectivity index (χ0) is 16.8. The number of aromatic nitrogens is 3. The number of carboxylic acid groups (broad SMARTS) is 1. The number of aryl methyl sites for hydroxylation is 1. The van der Waals surface area contributed by atoms with Crippen LogP contribution < -0.4 is 4.90 Å². The molecule has 7 nitrogen and oxygen atoms in total. The van der Waals surface area contributed by atoms with E-state index in [1.165, 1.54) is 12.4 Å². The van der Waals surface area contributed by atoms with Crippen molar-refractivity contribution in [3.63, 3.8) is 0 Å². The summed E-state index contributed by atoms with van der Waals surface area (Å²) in [5.74, 6) is 1.74. The molecule has 3 heterocycles. The summed E-state index contributed by atoms with van der Waals surface area (Å²) in [6.45, 7) is 4.72. The number of nitrogens with zero attached hydrogens (tertiary/aromatic N) is 4. The van der Waals surface area contributed by atoms with Crippen molar-refractivity contribution in [2.75, 3.05) is 24.6 Å². The van der Waals surface area contributed by atoms with E-state index in [0.717, 1.165) is 30.2 Å². The van der Waals surface area contributed by atoms with Crippen LogP contribution in [0.1, 0.15) is 21.6 Å². The maximum absolute atomic E-state index is 10.9. The zero-order valence-corrected chi connectivity index (χ0v) is 13.5. The van der Waals surface area contributed by atoms with Crippen LogP contribution in [0.25, 0.3) is 0 Å². The lowest BCUT2D eigenvalue weighted by molar-refractivity contribution is 0.0696. The highest BCUT2D eigenvalue weighted by Crippen LogP contribution is 2.51. The molecule has 1 saturated heterocycles. The van der Waals surface area contributed by atoms with E-state index in [4.69, 9.17) is 10.1 Å². The summed E-state index contributed by atoms with van der Waals surface area (Å²) in [5.41, 5.74) is 2.14. The van der Waals surface area contributed by atoms with Gasteiger partial charge in [-0.3, -0.25) is 4.68 Å². The zero-order valence-electron chi connectivity index (χ0n) is 13.5. The topological polar surface area (TPSA) is 91.5 Å². The first kappa shape index (κ1) is 15.1. The molecule has 2 N–H and O–H groups in total. The van der Waals surface area contributed by atoms with E-state index in [1.54, 1.807) is 4.68 Å². The van der Waals surface area contributed by atoms with Crippen LogP contribution in [0.15, 0.2) is 24.5 Å². The molecule has 1 aliphatic carbocycles. The number of aliphatic hydroxyl groups is 1. The Balaban J connectivity index is 1.45. The van der Waals surface area contributed by atoms with Crippen LogP contribution in [0.4, 0.5) is 5.82 Å². The summed E-state index contributed by atoms with van der Waals surface area (Å²) in [6.07, 6.45) is 2.88. The molecule has 2 aliphatic rings. The van der Waals surface area contributed by atoms with Gasteiger partial charge in [-0.15, -0.1) is 0 Å². The van der Waals surface area contributed by atoms with Gasteiger partial charge < -0.3 is 15.1 Å². The van der Waals surface area contributed by atoms with Gasteiger partial charge >= 0.3 is 5.97 Å². The van der Waals surface area contributed by atoms with Crippen molar-refractivity contribution >= 4 is 11.8 Å². The molecule has 0 unspecified atom stereocenters. The van der Waals surface area contributed by atoms with Gasteiger partial charge in [0.2, 0.25) is 0 Å². The monoisotopic (exact) mass is 328 g/mol. The van der Waals surface area contributed by atoms with Crippen LogP contribution >= 0.6 is 0 Å². The largest absolute Gasteiger partial charge is 0.478 e. The molecule has 1 aliphatic heterocycles. The minimum atomic E-state index is -0.972. The van der Waals surface area contributed by atoms with Crippen molar-refractivity contribution < 1.29 is 15.0 Å². The molecule has 0 bridgehead atoms. The van der Waals surface area contributed by atoms with Crippen LogP contribution in [0, 0.1) is 24.7 Å². The summed E-state index contributed by atoms with van der Waals surface area (Å²) >= 11 is 0. The molecule has 2 fully saturated rings. The second kappa shape index (κ2) is 5.59. The fourth-order valence-corrected chi connectivity index (χ4v) is 3.76. The maximum Gasteiger partial charge on any atom is 0.338 e. The summed E-state index contributed by atoms with van der Waals surface area (Å²) in [7, 11) is 0. The quantitative estimate of drug-likeness (QED) is 0.851. The number of piperidine rings is 1. The van der Waals surface area contributed by atoms with E-state index < -0.39 is 5.97 Å². The minimum absolute atomic E-state index is 0.187. The smallest absolute Gasteiger partial charge is 0.338 e. The SMILES string of the molecule is Cc1nc(N2C[C@@H]3[C@H](CO)[C@@H]3C2)ccc1Cn1cc(C(=O)O)cn1. The normalized spacial score (nSPS) is 24.9. The van der Waals surface area contributed by atoms with E-state index >= 15 is 0 Å². The number of aromatic carboxylic acids is 1. The summed E-state index contributed by atoms with van der Waals surface area (Å²) in [5, 5.41) is 22.3. The molecule has 0 radical (unpaired) electrons. The first-order valence-electron chi connectivity index (χ1n) is 8.15. The predicted octanol–water partition coefficient (Wildman–Crippen LogP) is 1.01. The lowest BCUT2D eigenvalue weighted by Gasteiger charge is -2.21. The van der Waals surface area contributed by atoms with E-state index in [0.29, 0.717) is 30.9 Å². The summed E-state index contributed by atoms with van der Waals surface area (Å²) < 4.78 is 1.62. The van der Waals surface area contributed by atoms with Crippen molar-refractivity contribution in [2.45, 2.75) is 13.5 Å². The van der Waals surface area contributed by atoms with Crippen molar-refractivity contribution in [3.8, 4) is 0 Å². The highest BCUT2D eigenvalue weighted by Gasteiger charge is 2.55. The van der Waals surface area contributed by atoms with Gasteiger partial charge in [-0.05, 0) is 36.3 Å². The van der Waals surface area contributed by atoms with Crippen molar-refractivity contribution in [3.05, 3.63) is 41.3 Å². The number of aliphatic hydroxyl groups excluding tert-OH is 1. The van der Waals surface area contributed by atoms with E-state index in [9.17, 15) is 9.90 Å². The number of anilines is 1. The van der Waals surface area contributed by atoms with Gasteiger partial charge in [0, 0.05) is 31.6 Å². The van der Waals surface area contributed by atoms with Crippen molar-refractivity contribution in [1.29, 1.82) is 0 Å². The predicted molar refractivity (Wildman–Crippen MR) is 87.0 cm³/mol. The average molecular weight is 328 g/mol. The number of carboxylic acids is 1. The first-order valence-corrected chi connectivity index (χ1v) is 8.15. The fraction of sp³-hybridized carbons (Fsp3) is 0.471. The van der Waals surface area contributed by atoms with Gasteiger partial charge in [-0.1, -0.05) is 6.07 Å². The van der Waals surface area contributed by atoms with Gasteiger partial charge in [0.1, 0.15) is 5.82 Å². The van der Waals surface area contributed by atoms with Gasteiger partial charge in [0.05, 0.1) is 18.3 Å². The Hall–Kier alpha value is -2.41. The molecule has 2 aromatic rings. The van der Waals surface area contributed by atoms with Crippen LogP contribution in [0.5, 0.6) is 0 Å². The molecular weight excluding hydrogens is 308 g/mol. The molecule has 7 heteroatoms. The maximum atomic E-state index is 10.9. The molecular formula is C17H20N4O3. The minimum Gasteiger partial charge on any atom is -0.478 e. The number of hydrogen-bond donors (Lipinski definition) is 2. The molecule has 3 atom stereocenters. The number of fused-ring (bicyclic) bond motifs is 1. The van der Waals surface area contributed by atoms with Gasteiger partial charge in [0.15, 0.2) is 0 Å². The molecule has 0 aromatic carbocycles. The average Bonchev–Trinajstić information content (AvgIpc) is 2.95. The van der Waals surface area contributed by atoms with Gasteiger partial charge in [0.25, 0.3) is 0 Å². The summed E-state index contributed by atoms with van der Waals surface area (Å²) in [6, 6.07) is 4.05. The third kappa shape index (κ3) is 2.54. The fourth-order valence-electron chi connectivity index (χ4n) is 3.76. The molecule has 126 valence electrons. The first-order chi connectivity index (χ1) is 11.6. The highest BCUT2D eigenvalue weighted by atomic mass is 16.4. The Kier molecular flexibility index (Phi) is 3.53. The second-order valence-electron chi connectivity index (χ2n) is 6.72. The standard InChI is InChI=1S/C17H20N4O3/c1-10-11(5-21-6-12(4-18-21)17(23)24)2-3-16(19-10)20-7-13-14(8-20)15(13)9-22/h2-4,6,13-15,22H,5,7-9H2,1H3,(H,23,24)/t13-,14+,15-. The van der Waals surface area contributed by atoms with Crippen LogP contribution in [-0.2, 0) is 6.54 Å².